The van der Waals surface area contributed by atoms with Gasteiger partial charge < -0.3 is 14.4 Å². The fraction of sp³-hybridized carbons (Fsp3) is 0.562. The zero-order valence-corrected chi connectivity index (χ0v) is 12.8. The van der Waals surface area contributed by atoms with Crippen LogP contribution in [0.5, 0.6) is 0 Å². The Kier molecular flexibility index (Phi) is 6.02. The number of ether oxygens (including phenoxy) is 2. The second-order valence-corrected chi connectivity index (χ2v) is 5.22. The maximum atomic E-state index is 12.2. The van der Waals surface area contributed by atoms with Crippen LogP contribution < -0.4 is 0 Å². The Morgan fingerprint density at radius 1 is 1.29 bits per heavy atom. The Morgan fingerprint density at radius 3 is 2.71 bits per heavy atom. The molecule has 1 fully saturated rings. The van der Waals surface area contributed by atoms with E-state index in [0.29, 0.717) is 26.3 Å². The lowest BCUT2D eigenvalue weighted by Crippen LogP contribution is -2.56. The lowest BCUT2D eigenvalue weighted by atomic mass is 10.2. The molecule has 2 rings (SSSR count). The Labute approximate surface area is 126 Å². The van der Waals surface area contributed by atoms with Crippen LogP contribution in [0.3, 0.4) is 0 Å². The average Bonchev–Trinajstić information content (AvgIpc) is 2.54. The molecule has 1 aromatic carbocycles. The first-order valence-electron chi connectivity index (χ1n) is 7.43. The van der Waals surface area contributed by atoms with Crippen LogP contribution in [-0.2, 0) is 16.1 Å². The topological polar surface area (TPSA) is 42.0 Å². The van der Waals surface area contributed by atoms with Crippen LogP contribution >= 0.6 is 0 Å². The van der Waals surface area contributed by atoms with Gasteiger partial charge in [-0.05, 0) is 12.1 Å². The molecule has 116 valence electrons. The van der Waals surface area contributed by atoms with Crippen molar-refractivity contribution in [3.63, 3.8) is 0 Å². The zero-order chi connectivity index (χ0) is 15.1. The predicted molar refractivity (Wildman–Crippen MR) is 81.1 cm³/mol. The van der Waals surface area contributed by atoms with Crippen molar-refractivity contribution in [1.82, 2.24) is 9.80 Å². The number of hydrogen-bond donors (Lipinski definition) is 0. The summed E-state index contributed by atoms with van der Waals surface area (Å²) in [4.78, 5) is 16.3. The molecular weight excluding hydrogens is 268 g/mol. The number of rotatable bonds is 5. The van der Waals surface area contributed by atoms with E-state index in [4.69, 9.17) is 9.47 Å². The van der Waals surface area contributed by atoms with Crippen molar-refractivity contribution in [2.45, 2.75) is 19.6 Å². The van der Waals surface area contributed by atoms with Gasteiger partial charge in [0.1, 0.15) is 6.61 Å². The Morgan fingerprint density at radius 2 is 2.05 bits per heavy atom. The molecule has 1 saturated heterocycles. The second kappa shape index (κ2) is 8.00. The number of benzene rings is 1. The fourth-order valence-corrected chi connectivity index (χ4v) is 2.64. The molecule has 1 amide bonds. The molecule has 5 nitrogen and oxygen atoms in total. The Hall–Kier alpha value is -1.59. The number of hydrogen-bond acceptors (Lipinski definition) is 4. The van der Waals surface area contributed by atoms with Gasteiger partial charge in [-0.3, -0.25) is 4.90 Å². The number of piperazine rings is 1. The van der Waals surface area contributed by atoms with E-state index in [9.17, 15) is 4.79 Å². The normalized spacial score (nSPS) is 19.5. The van der Waals surface area contributed by atoms with Crippen molar-refractivity contribution in [3.05, 3.63) is 35.9 Å². The van der Waals surface area contributed by atoms with Crippen molar-refractivity contribution in [1.29, 1.82) is 0 Å². The van der Waals surface area contributed by atoms with E-state index in [0.717, 1.165) is 18.7 Å². The van der Waals surface area contributed by atoms with Crippen LogP contribution in [0.2, 0.25) is 0 Å². The lowest BCUT2D eigenvalue weighted by Gasteiger charge is -2.40. The molecular formula is C16H24N2O3. The van der Waals surface area contributed by atoms with Gasteiger partial charge >= 0.3 is 6.09 Å². The number of amides is 1. The third-order valence-electron chi connectivity index (χ3n) is 3.83. The van der Waals surface area contributed by atoms with Crippen molar-refractivity contribution < 1.29 is 14.3 Å². The zero-order valence-electron chi connectivity index (χ0n) is 12.8. The second-order valence-electron chi connectivity index (χ2n) is 5.22. The molecule has 0 aromatic heterocycles. The molecule has 1 atom stereocenters. The minimum absolute atomic E-state index is 0.240. The molecule has 1 aromatic rings. The SMILES string of the molecule is CCN1CCN(C(=O)OCc2ccccc2)C[C@@H]1COC. The third-order valence-corrected chi connectivity index (χ3v) is 3.83. The van der Waals surface area contributed by atoms with Gasteiger partial charge in [0.25, 0.3) is 0 Å². The summed E-state index contributed by atoms with van der Waals surface area (Å²) in [6.45, 7) is 6.30. The first kappa shape index (κ1) is 15.8. The van der Waals surface area contributed by atoms with E-state index in [-0.39, 0.29) is 12.1 Å². The lowest BCUT2D eigenvalue weighted by molar-refractivity contribution is 0.0197. The highest BCUT2D eigenvalue weighted by Gasteiger charge is 2.29. The first-order valence-corrected chi connectivity index (χ1v) is 7.43. The van der Waals surface area contributed by atoms with Gasteiger partial charge in [-0.25, -0.2) is 4.79 Å². The Bertz CT molecular complexity index is 438. The Balaban J connectivity index is 1.85. The summed E-state index contributed by atoms with van der Waals surface area (Å²) in [7, 11) is 1.69. The molecule has 1 aliphatic rings. The largest absolute Gasteiger partial charge is 0.445 e. The molecule has 21 heavy (non-hydrogen) atoms. The van der Waals surface area contributed by atoms with Crippen molar-refractivity contribution in [2.75, 3.05) is 39.9 Å². The summed E-state index contributed by atoms with van der Waals surface area (Å²) in [5, 5.41) is 0. The van der Waals surface area contributed by atoms with Crippen LogP contribution in [0.4, 0.5) is 4.79 Å². The summed E-state index contributed by atoms with van der Waals surface area (Å²) in [6, 6.07) is 9.99. The van der Waals surface area contributed by atoms with Gasteiger partial charge in [0, 0.05) is 26.7 Å². The third kappa shape index (κ3) is 4.44. The predicted octanol–water partition coefficient (Wildman–Crippen LogP) is 1.98. The smallest absolute Gasteiger partial charge is 0.410 e. The van der Waals surface area contributed by atoms with Gasteiger partial charge in [0.15, 0.2) is 0 Å². The van der Waals surface area contributed by atoms with Crippen LogP contribution in [-0.4, -0.2) is 61.8 Å². The molecule has 5 heteroatoms. The molecule has 0 spiro atoms. The van der Waals surface area contributed by atoms with Crippen LogP contribution in [0.1, 0.15) is 12.5 Å². The molecule has 1 aliphatic heterocycles. The average molecular weight is 292 g/mol. The van der Waals surface area contributed by atoms with Crippen molar-refractivity contribution in [3.8, 4) is 0 Å². The quantitative estimate of drug-likeness (QED) is 0.832. The van der Waals surface area contributed by atoms with Crippen molar-refractivity contribution >= 4 is 6.09 Å². The monoisotopic (exact) mass is 292 g/mol. The standard InChI is InChI=1S/C16H24N2O3/c1-3-17-9-10-18(11-15(17)13-20-2)16(19)21-12-14-7-5-4-6-8-14/h4-8,15H,3,9-13H2,1-2H3/t15-/m1/s1. The fourth-order valence-electron chi connectivity index (χ4n) is 2.64. The number of likely N-dealkylation sites (N-methyl/N-ethyl adjacent to an activating group) is 1. The number of methoxy groups -OCH3 is 1. The summed E-state index contributed by atoms with van der Waals surface area (Å²) in [5.74, 6) is 0. The highest BCUT2D eigenvalue weighted by molar-refractivity contribution is 5.67. The van der Waals surface area contributed by atoms with Gasteiger partial charge in [-0.1, -0.05) is 37.3 Å². The number of carbonyl (C=O) groups excluding carboxylic acids is 1. The van der Waals surface area contributed by atoms with E-state index in [1.54, 1.807) is 12.0 Å². The maximum absolute atomic E-state index is 12.2. The van der Waals surface area contributed by atoms with Gasteiger partial charge in [-0.15, -0.1) is 0 Å². The minimum atomic E-state index is -0.240. The van der Waals surface area contributed by atoms with Crippen LogP contribution in [0.25, 0.3) is 0 Å². The van der Waals surface area contributed by atoms with E-state index >= 15 is 0 Å². The molecule has 0 bridgehead atoms. The maximum Gasteiger partial charge on any atom is 0.410 e. The van der Waals surface area contributed by atoms with Gasteiger partial charge in [0.2, 0.25) is 0 Å². The molecule has 0 aliphatic carbocycles. The van der Waals surface area contributed by atoms with Crippen LogP contribution in [0.15, 0.2) is 30.3 Å². The molecule has 0 unspecified atom stereocenters. The van der Waals surface area contributed by atoms with Gasteiger partial charge in [0.05, 0.1) is 12.6 Å². The minimum Gasteiger partial charge on any atom is -0.445 e. The van der Waals surface area contributed by atoms with Crippen LogP contribution in [0, 0.1) is 0 Å². The summed E-state index contributed by atoms with van der Waals surface area (Å²) in [6.07, 6.45) is -0.240. The molecule has 0 saturated carbocycles. The highest BCUT2D eigenvalue weighted by atomic mass is 16.6. The van der Waals surface area contributed by atoms with E-state index < -0.39 is 0 Å². The molecule has 1 heterocycles. The highest BCUT2D eigenvalue weighted by Crippen LogP contribution is 2.12. The molecule has 0 radical (unpaired) electrons. The van der Waals surface area contributed by atoms with E-state index in [1.165, 1.54) is 0 Å². The van der Waals surface area contributed by atoms with Gasteiger partial charge in [-0.2, -0.15) is 0 Å². The number of carbonyl (C=O) groups is 1. The van der Waals surface area contributed by atoms with E-state index in [2.05, 4.69) is 11.8 Å². The summed E-state index contributed by atoms with van der Waals surface area (Å²) in [5.41, 5.74) is 1.01. The summed E-state index contributed by atoms with van der Waals surface area (Å²) >= 11 is 0. The van der Waals surface area contributed by atoms with E-state index in [1.807, 2.05) is 30.3 Å². The summed E-state index contributed by atoms with van der Waals surface area (Å²) < 4.78 is 10.6. The number of nitrogens with zero attached hydrogens (tertiary/aromatic N) is 2. The first-order chi connectivity index (χ1) is 10.2. The van der Waals surface area contributed by atoms with Crippen molar-refractivity contribution in [2.24, 2.45) is 0 Å². The molecule has 0 N–H and O–H groups in total.